The predicted molar refractivity (Wildman–Crippen MR) is 64.8 cm³/mol. The molecule has 1 aliphatic heterocycles. The van der Waals surface area contributed by atoms with Gasteiger partial charge in [0.25, 0.3) is 0 Å². The van der Waals surface area contributed by atoms with Gasteiger partial charge in [-0.3, -0.25) is 9.59 Å². The quantitative estimate of drug-likeness (QED) is 0.704. The number of amides is 2. The Morgan fingerprint density at radius 3 is 2.44 bits per heavy atom. The standard InChI is InChI=1S/C12H20N2O4/c1-8(2)10(12(17)18)13(3)11(16)9-4-5-14(6-9)7-15/h7-10H,4-6H2,1-3H3,(H,17,18)/t9-,10-/m0/s1. The van der Waals surface area contributed by atoms with Crippen LogP contribution in [0.5, 0.6) is 0 Å². The number of carbonyl (C=O) groups is 3. The number of aliphatic carboxylic acids is 1. The van der Waals surface area contributed by atoms with Gasteiger partial charge in [-0.2, -0.15) is 0 Å². The molecule has 1 saturated heterocycles. The Labute approximate surface area is 107 Å². The highest BCUT2D eigenvalue weighted by molar-refractivity contribution is 5.85. The first kappa shape index (κ1) is 14.5. The molecule has 1 aliphatic rings. The molecule has 0 bridgehead atoms. The first-order valence-electron chi connectivity index (χ1n) is 6.07. The van der Waals surface area contributed by atoms with Gasteiger partial charge in [0, 0.05) is 20.1 Å². The van der Waals surface area contributed by atoms with Crippen molar-refractivity contribution in [1.29, 1.82) is 0 Å². The molecule has 1 fully saturated rings. The molecule has 0 aromatic heterocycles. The number of likely N-dealkylation sites (N-methyl/N-ethyl adjacent to an activating group) is 1. The minimum absolute atomic E-state index is 0.153. The fourth-order valence-corrected chi connectivity index (χ4v) is 2.41. The van der Waals surface area contributed by atoms with E-state index < -0.39 is 12.0 Å². The number of nitrogens with zero attached hydrogens (tertiary/aromatic N) is 2. The molecule has 6 nitrogen and oxygen atoms in total. The number of likely N-dealkylation sites (tertiary alicyclic amines) is 1. The Bertz CT molecular complexity index is 343. The van der Waals surface area contributed by atoms with Crippen molar-refractivity contribution >= 4 is 18.3 Å². The van der Waals surface area contributed by atoms with E-state index in [4.69, 9.17) is 5.11 Å². The number of rotatable bonds is 5. The molecular formula is C12H20N2O4. The van der Waals surface area contributed by atoms with Crippen LogP contribution in [0.3, 0.4) is 0 Å². The van der Waals surface area contributed by atoms with Gasteiger partial charge in [-0.15, -0.1) is 0 Å². The highest BCUT2D eigenvalue weighted by atomic mass is 16.4. The number of hydrogen-bond acceptors (Lipinski definition) is 3. The molecule has 6 heteroatoms. The van der Waals surface area contributed by atoms with E-state index in [-0.39, 0.29) is 17.7 Å². The van der Waals surface area contributed by atoms with E-state index in [0.29, 0.717) is 19.5 Å². The van der Waals surface area contributed by atoms with Gasteiger partial charge in [0.1, 0.15) is 6.04 Å². The van der Waals surface area contributed by atoms with Crippen molar-refractivity contribution in [3.63, 3.8) is 0 Å². The summed E-state index contributed by atoms with van der Waals surface area (Å²) in [5.74, 6) is -1.62. The lowest BCUT2D eigenvalue weighted by molar-refractivity contribution is -0.152. The molecule has 2 amide bonds. The molecule has 2 atom stereocenters. The Balaban J connectivity index is 2.71. The number of carbonyl (C=O) groups excluding carboxylic acids is 2. The third-order valence-corrected chi connectivity index (χ3v) is 3.37. The first-order chi connectivity index (χ1) is 8.38. The van der Waals surface area contributed by atoms with E-state index in [1.807, 2.05) is 0 Å². The summed E-state index contributed by atoms with van der Waals surface area (Å²) in [7, 11) is 1.52. The Hall–Kier alpha value is -1.59. The zero-order valence-corrected chi connectivity index (χ0v) is 11.0. The summed E-state index contributed by atoms with van der Waals surface area (Å²) in [6, 6.07) is -0.817. The molecule has 0 radical (unpaired) electrons. The average Bonchev–Trinajstić information content (AvgIpc) is 2.75. The minimum atomic E-state index is -0.994. The van der Waals surface area contributed by atoms with Crippen molar-refractivity contribution in [2.24, 2.45) is 11.8 Å². The molecule has 0 unspecified atom stereocenters. The lowest BCUT2D eigenvalue weighted by Crippen LogP contribution is -2.48. The molecule has 0 spiro atoms. The summed E-state index contributed by atoms with van der Waals surface area (Å²) in [6.07, 6.45) is 1.33. The molecule has 0 aromatic rings. The van der Waals surface area contributed by atoms with Crippen LogP contribution in [0.1, 0.15) is 20.3 Å². The first-order valence-corrected chi connectivity index (χ1v) is 6.07. The normalized spacial score (nSPS) is 20.9. The lowest BCUT2D eigenvalue weighted by Gasteiger charge is -2.29. The lowest BCUT2D eigenvalue weighted by atomic mass is 10.0. The second-order valence-electron chi connectivity index (χ2n) is 5.06. The molecular weight excluding hydrogens is 236 g/mol. The number of carboxylic acids is 1. The molecule has 0 saturated carbocycles. The molecule has 0 aliphatic carbocycles. The fourth-order valence-electron chi connectivity index (χ4n) is 2.41. The molecule has 1 heterocycles. The molecule has 18 heavy (non-hydrogen) atoms. The Morgan fingerprint density at radius 1 is 1.44 bits per heavy atom. The monoisotopic (exact) mass is 256 g/mol. The maximum Gasteiger partial charge on any atom is 0.326 e. The van der Waals surface area contributed by atoms with Crippen molar-refractivity contribution in [3.8, 4) is 0 Å². The minimum Gasteiger partial charge on any atom is -0.480 e. The summed E-state index contributed by atoms with van der Waals surface area (Å²) in [4.78, 5) is 36.8. The molecule has 102 valence electrons. The van der Waals surface area contributed by atoms with Gasteiger partial charge in [-0.1, -0.05) is 13.8 Å². The van der Waals surface area contributed by atoms with E-state index in [2.05, 4.69) is 0 Å². The number of hydrogen-bond donors (Lipinski definition) is 1. The van der Waals surface area contributed by atoms with Crippen molar-refractivity contribution in [1.82, 2.24) is 9.80 Å². The van der Waals surface area contributed by atoms with Crippen molar-refractivity contribution < 1.29 is 19.5 Å². The SMILES string of the molecule is CC(C)[C@@H](C(=O)O)N(C)C(=O)[C@H]1CCN(C=O)C1. The topological polar surface area (TPSA) is 77.9 Å². The second kappa shape index (κ2) is 5.84. The van der Waals surface area contributed by atoms with Crippen LogP contribution in [0.25, 0.3) is 0 Å². The van der Waals surface area contributed by atoms with E-state index in [1.54, 1.807) is 18.7 Å². The van der Waals surface area contributed by atoms with E-state index in [1.165, 1.54) is 11.9 Å². The van der Waals surface area contributed by atoms with Gasteiger partial charge in [0.2, 0.25) is 12.3 Å². The summed E-state index contributed by atoms with van der Waals surface area (Å²) < 4.78 is 0. The summed E-state index contributed by atoms with van der Waals surface area (Å²) in [5.41, 5.74) is 0. The highest BCUT2D eigenvalue weighted by Crippen LogP contribution is 2.20. The van der Waals surface area contributed by atoms with Gasteiger partial charge < -0.3 is 14.9 Å². The molecule has 1 N–H and O–H groups in total. The predicted octanol–water partition coefficient (Wildman–Crippen LogP) is 0.0323. The van der Waals surface area contributed by atoms with Crippen LogP contribution >= 0.6 is 0 Å². The van der Waals surface area contributed by atoms with Crippen LogP contribution in [0.4, 0.5) is 0 Å². The smallest absolute Gasteiger partial charge is 0.326 e. The van der Waals surface area contributed by atoms with Gasteiger partial charge in [-0.25, -0.2) is 4.79 Å². The van der Waals surface area contributed by atoms with Crippen LogP contribution in [0.2, 0.25) is 0 Å². The van der Waals surface area contributed by atoms with E-state index >= 15 is 0 Å². The third kappa shape index (κ3) is 3.00. The molecule has 1 rings (SSSR count). The van der Waals surface area contributed by atoms with E-state index in [0.717, 1.165) is 6.41 Å². The van der Waals surface area contributed by atoms with E-state index in [9.17, 15) is 14.4 Å². The third-order valence-electron chi connectivity index (χ3n) is 3.37. The zero-order valence-electron chi connectivity index (χ0n) is 11.0. The average molecular weight is 256 g/mol. The molecule has 0 aromatic carbocycles. The van der Waals surface area contributed by atoms with Gasteiger partial charge >= 0.3 is 5.97 Å². The van der Waals surface area contributed by atoms with Crippen molar-refractivity contribution in [2.75, 3.05) is 20.1 Å². The summed E-state index contributed by atoms with van der Waals surface area (Å²) in [5, 5.41) is 9.14. The summed E-state index contributed by atoms with van der Waals surface area (Å²) >= 11 is 0. The van der Waals surface area contributed by atoms with Crippen LogP contribution in [0, 0.1) is 11.8 Å². The Morgan fingerprint density at radius 2 is 2.06 bits per heavy atom. The van der Waals surface area contributed by atoms with Gasteiger partial charge in [0.15, 0.2) is 0 Å². The summed E-state index contributed by atoms with van der Waals surface area (Å²) in [6.45, 7) is 4.49. The van der Waals surface area contributed by atoms with Crippen LogP contribution in [0.15, 0.2) is 0 Å². The van der Waals surface area contributed by atoms with Crippen LogP contribution in [-0.2, 0) is 14.4 Å². The van der Waals surface area contributed by atoms with Gasteiger partial charge in [0.05, 0.1) is 5.92 Å². The second-order valence-corrected chi connectivity index (χ2v) is 5.06. The van der Waals surface area contributed by atoms with Crippen molar-refractivity contribution in [3.05, 3.63) is 0 Å². The fraction of sp³-hybridized carbons (Fsp3) is 0.750. The maximum atomic E-state index is 12.2. The maximum absolute atomic E-state index is 12.2. The van der Waals surface area contributed by atoms with Crippen LogP contribution in [-0.4, -0.2) is 59.4 Å². The Kier molecular flexibility index (Phi) is 4.69. The largest absolute Gasteiger partial charge is 0.480 e. The zero-order chi connectivity index (χ0) is 13.9. The number of carboxylic acid groups (broad SMARTS) is 1. The van der Waals surface area contributed by atoms with Crippen molar-refractivity contribution in [2.45, 2.75) is 26.3 Å². The highest BCUT2D eigenvalue weighted by Gasteiger charge is 2.35. The van der Waals surface area contributed by atoms with Crippen LogP contribution < -0.4 is 0 Å². The van der Waals surface area contributed by atoms with Gasteiger partial charge in [-0.05, 0) is 12.3 Å².